The first kappa shape index (κ1) is 52.2. The van der Waals surface area contributed by atoms with E-state index >= 15 is 0 Å². The van der Waals surface area contributed by atoms with Crippen LogP contribution < -0.4 is 26.6 Å². The first-order valence-corrected chi connectivity index (χ1v) is 21.0. The van der Waals surface area contributed by atoms with Gasteiger partial charge in [-0.1, -0.05) is 77.0 Å². The third-order valence-electron chi connectivity index (χ3n) is 9.03. The van der Waals surface area contributed by atoms with E-state index in [1.807, 2.05) is 0 Å². The van der Waals surface area contributed by atoms with Gasteiger partial charge < -0.3 is 50.6 Å². The number of carbonyl (C=O) groups is 5. The van der Waals surface area contributed by atoms with Gasteiger partial charge >= 0.3 is 5.97 Å². The summed E-state index contributed by atoms with van der Waals surface area (Å²) in [4.78, 5) is 58.0. The molecule has 1 atom stereocenters. The van der Waals surface area contributed by atoms with Gasteiger partial charge in [-0.25, -0.2) is 0 Å². The summed E-state index contributed by atoms with van der Waals surface area (Å²) in [6.07, 6.45) is 20.0. The van der Waals surface area contributed by atoms with E-state index in [0.29, 0.717) is 91.8 Å². The number of rotatable bonds is 42. The highest BCUT2D eigenvalue weighted by Gasteiger charge is 2.13. The molecule has 4 amide bonds. The Morgan fingerprint density at radius 1 is 0.436 bits per heavy atom. The minimum atomic E-state index is -0.691. The molecule has 15 nitrogen and oxygen atoms in total. The predicted octanol–water partition coefficient (Wildman–Crippen LogP) is 4.01. The Bertz CT molecular complexity index is 959. The molecular formula is C40H77N5O10. The van der Waals surface area contributed by atoms with Crippen molar-refractivity contribution in [3.8, 4) is 0 Å². The molecule has 0 aliphatic heterocycles. The molecule has 0 radical (unpaired) electrons. The Hall–Kier alpha value is -2.85. The highest BCUT2D eigenvalue weighted by Crippen LogP contribution is 2.14. The summed E-state index contributed by atoms with van der Waals surface area (Å²) < 4.78 is 21.8. The number of unbranched alkanes of at least 4 members (excludes halogenated alkanes) is 14. The van der Waals surface area contributed by atoms with Crippen LogP contribution in [0.5, 0.6) is 0 Å². The minimum absolute atomic E-state index is 0.0349. The van der Waals surface area contributed by atoms with Crippen molar-refractivity contribution in [1.29, 1.82) is 0 Å². The number of hydrogen-bond acceptors (Lipinski definition) is 10. The number of hydrogen-bond donors (Lipinski definition) is 6. The summed E-state index contributed by atoms with van der Waals surface area (Å²) in [7, 11) is 3.37. The molecule has 0 aromatic rings. The number of carbonyl (C=O) groups excluding carboxylic acids is 4. The van der Waals surface area contributed by atoms with Crippen LogP contribution in [0.1, 0.15) is 135 Å². The van der Waals surface area contributed by atoms with Crippen LogP contribution in [0.15, 0.2) is 0 Å². The van der Waals surface area contributed by atoms with Crippen LogP contribution in [0, 0.1) is 0 Å². The maximum Gasteiger partial charge on any atom is 0.303 e. The molecule has 322 valence electrons. The molecule has 15 heteroatoms. The molecule has 0 spiro atoms. The van der Waals surface area contributed by atoms with E-state index in [0.717, 1.165) is 44.9 Å². The molecular weight excluding hydrogens is 710 g/mol. The van der Waals surface area contributed by atoms with Gasteiger partial charge in [-0.3, -0.25) is 24.0 Å². The van der Waals surface area contributed by atoms with Gasteiger partial charge in [0.05, 0.1) is 58.9 Å². The lowest BCUT2D eigenvalue weighted by molar-refractivity contribution is -0.137. The summed E-state index contributed by atoms with van der Waals surface area (Å²) in [5.74, 6) is -0.857. The van der Waals surface area contributed by atoms with E-state index in [4.69, 9.17) is 24.1 Å². The summed E-state index contributed by atoms with van der Waals surface area (Å²) in [5, 5.41) is 22.8. The van der Waals surface area contributed by atoms with E-state index in [2.05, 4.69) is 26.6 Å². The van der Waals surface area contributed by atoms with Crippen molar-refractivity contribution < 1.29 is 48.0 Å². The Balaban J connectivity index is 3.35. The molecule has 0 aromatic carbocycles. The molecule has 0 saturated carbocycles. The van der Waals surface area contributed by atoms with E-state index in [9.17, 15) is 24.0 Å². The van der Waals surface area contributed by atoms with Crippen LogP contribution in [-0.4, -0.2) is 127 Å². The number of nitrogens with one attached hydrogen (secondary N) is 5. The molecule has 55 heavy (non-hydrogen) atoms. The van der Waals surface area contributed by atoms with Crippen LogP contribution in [0.25, 0.3) is 0 Å². The molecule has 6 N–H and O–H groups in total. The summed E-state index contributed by atoms with van der Waals surface area (Å²) >= 11 is 0. The Morgan fingerprint density at radius 3 is 1.24 bits per heavy atom. The quantitative estimate of drug-likeness (QED) is 0.0488. The van der Waals surface area contributed by atoms with Gasteiger partial charge in [0.15, 0.2) is 0 Å². The summed E-state index contributed by atoms with van der Waals surface area (Å²) in [5.41, 5.74) is 0. The van der Waals surface area contributed by atoms with E-state index in [1.165, 1.54) is 57.8 Å². The fraction of sp³-hybridized carbons (Fsp3) is 0.875. The summed E-state index contributed by atoms with van der Waals surface area (Å²) in [6.45, 7) is 4.30. The molecule has 0 aliphatic carbocycles. The molecule has 0 fully saturated rings. The van der Waals surface area contributed by atoms with Crippen molar-refractivity contribution in [2.75, 3.05) is 86.6 Å². The predicted molar refractivity (Wildman–Crippen MR) is 214 cm³/mol. The second-order valence-electron chi connectivity index (χ2n) is 13.8. The second kappa shape index (κ2) is 40.8. The number of carboxylic acids is 1. The van der Waals surface area contributed by atoms with Crippen molar-refractivity contribution in [1.82, 2.24) is 26.6 Å². The van der Waals surface area contributed by atoms with Gasteiger partial charge in [-0.15, -0.1) is 0 Å². The van der Waals surface area contributed by atoms with Gasteiger partial charge in [0.2, 0.25) is 23.6 Å². The number of aliphatic carboxylic acids is 1. The van der Waals surface area contributed by atoms with Gasteiger partial charge in [0.1, 0.15) is 0 Å². The maximum absolute atomic E-state index is 12.0. The minimum Gasteiger partial charge on any atom is -0.481 e. The molecule has 0 aliphatic rings. The van der Waals surface area contributed by atoms with Gasteiger partial charge in [0.25, 0.3) is 0 Å². The molecule has 0 bridgehead atoms. The monoisotopic (exact) mass is 788 g/mol. The number of amides is 4. The normalized spacial score (nSPS) is 11.6. The molecule has 0 saturated heterocycles. The smallest absolute Gasteiger partial charge is 0.303 e. The third-order valence-corrected chi connectivity index (χ3v) is 9.03. The van der Waals surface area contributed by atoms with E-state index in [-0.39, 0.29) is 42.5 Å². The lowest BCUT2D eigenvalue weighted by Gasteiger charge is -2.14. The fourth-order valence-electron chi connectivity index (χ4n) is 5.73. The Morgan fingerprint density at radius 2 is 0.818 bits per heavy atom. The highest BCUT2D eigenvalue weighted by atomic mass is 16.5. The summed E-state index contributed by atoms with van der Waals surface area (Å²) in [6, 6.07) is -0.217. The average Bonchev–Trinajstić information content (AvgIpc) is 3.17. The van der Waals surface area contributed by atoms with Crippen molar-refractivity contribution in [2.24, 2.45) is 0 Å². The lowest BCUT2D eigenvalue weighted by Crippen LogP contribution is -2.41. The number of carboxylic acid groups (broad SMARTS) is 1. The van der Waals surface area contributed by atoms with Gasteiger partial charge in [-0.05, 0) is 39.2 Å². The molecule has 0 rings (SSSR count). The number of likely N-dealkylation sites (N-methyl/N-ethyl adjacent to an activating group) is 2. The zero-order valence-corrected chi connectivity index (χ0v) is 34.3. The van der Waals surface area contributed by atoms with E-state index < -0.39 is 5.97 Å². The van der Waals surface area contributed by atoms with Crippen LogP contribution in [0.2, 0.25) is 0 Å². The fourth-order valence-corrected chi connectivity index (χ4v) is 5.73. The molecule has 0 heterocycles. The van der Waals surface area contributed by atoms with Crippen molar-refractivity contribution in [2.45, 2.75) is 141 Å². The van der Waals surface area contributed by atoms with Crippen LogP contribution in [0.4, 0.5) is 0 Å². The standard InChI is InChI=1S/C40H77N5O10/c1-41-35(40(51)42-2)19-17-18-24-43-37(47)22-27-52-31-34-55-30-26-45-38(48)23-28-53-32-33-54-29-25-44-36(46)20-15-13-11-9-7-5-3-4-6-8-10-12-14-16-21-39(49)50/h35,41H,3-34H2,1-2H3,(H,42,51)(H,43,47)(H,44,46)(H,45,48)(H,49,50). The maximum atomic E-state index is 12.0. The lowest BCUT2D eigenvalue weighted by atomic mass is 10.0. The average molecular weight is 788 g/mol. The zero-order chi connectivity index (χ0) is 40.5. The van der Waals surface area contributed by atoms with Crippen molar-refractivity contribution >= 4 is 29.6 Å². The SMILES string of the molecule is CNC(=O)C(CCCCNC(=O)CCOCCOCCNC(=O)CCOCCOCCNC(=O)CCCCCCCCCCCCCCCCC(=O)O)NC. The second-order valence-corrected chi connectivity index (χ2v) is 13.8. The Labute approximate surface area is 331 Å². The largest absolute Gasteiger partial charge is 0.481 e. The zero-order valence-electron chi connectivity index (χ0n) is 34.3. The first-order chi connectivity index (χ1) is 26.8. The van der Waals surface area contributed by atoms with Crippen LogP contribution >= 0.6 is 0 Å². The molecule has 1 unspecified atom stereocenters. The van der Waals surface area contributed by atoms with Crippen molar-refractivity contribution in [3.63, 3.8) is 0 Å². The first-order valence-electron chi connectivity index (χ1n) is 21.0. The Kier molecular flexibility index (Phi) is 38.7. The topological polar surface area (TPSA) is 203 Å². The van der Waals surface area contributed by atoms with Crippen molar-refractivity contribution in [3.05, 3.63) is 0 Å². The van der Waals surface area contributed by atoms with Gasteiger partial charge in [0, 0.05) is 52.4 Å². The highest BCUT2D eigenvalue weighted by molar-refractivity contribution is 5.81. The van der Waals surface area contributed by atoms with Crippen LogP contribution in [0.3, 0.4) is 0 Å². The third kappa shape index (κ3) is 39.2. The molecule has 0 aromatic heterocycles. The van der Waals surface area contributed by atoms with Gasteiger partial charge in [-0.2, -0.15) is 0 Å². The van der Waals surface area contributed by atoms with Crippen LogP contribution in [-0.2, 0) is 42.9 Å². The number of ether oxygens (including phenoxy) is 4. The van der Waals surface area contributed by atoms with E-state index in [1.54, 1.807) is 14.1 Å².